The fourth-order valence-electron chi connectivity index (χ4n) is 2.13. The number of rotatable bonds is 4. The topological polar surface area (TPSA) is 30.7 Å². The van der Waals surface area contributed by atoms with Crippen LogP contribution >= 0.6 is 0 Å². The van der Waals surface area contributed by atoms with E-state index in [0.717, 1.165) is 12.5 Å². The first-order valence-corrected chi connectivity index (χ1v) is 5.04. The van der Waals surface area contributed by atoms with Crippen molar-refractivity contribution in [2.24, 2.45) is 11.3 Å². The molecule has 0 radical (unpaired) electrons. The maximum absolute atomic E-state index is 4.02. The van der Waals surface area contributed by atoms with Crippen LogP contribution in [-0.2, 0) is 6.54 Å². The second-order valence-corrected chi connectivity index (χ2v) is 4.70. The fourth-order valence-corrected chi connectivity index (χ4v) is 2.13. The Morgan fingerprint density at radius 1 is 1.46 bits per heavy atom. The van der Waals surface area contributed by atoms with Crippen LogP contribution in [0.25, 0.3) is 0 Å². The zero-order valence-electron chi connectivity index (χ0n) is 8.40. The SMILES string of the molecule is CC(C)CC1(Cn2ccnn2)CC1. The molecular weight excluding hydrogens is 162 g/mol. The third kappa shape index (κ3) is 2.08. The van der Waals surface area contributed by atoms with Crippen molar-refractivity contribution >= 4 is 0 Å². The van der Waals surface area contributed by atoms with Crippen LogP contribution in [-0.4, -0.2) is 15.0 Å². The van der Waals surface area contributed by atoms with E-state index in [-0.39, 0.29) is 0 Å². The van der Waals surface area contributed by atoms with Crippen molar-refractivity contribution in [2.45, 2.75) is 39.7 Å². The van der Waals surface area contributed by atoms with E-state index in [4.69, 9.17) is 0 Å². The normalized spacial score (nSPS) is 19.3. The molecule has 3 heteroatoms. The molecule has 0 aliphatic heterocycles. The van der Waals surface area contributed by atoms with Gasteiger partial charge in [-0.2, -0.15) is 0 Å². The molecule has 1 aromatic rings. The van der Waals surface area contributed by atoms with Gasteiger partial charge in [-0.05, 0) is 30.6 Å². The first-order valence-electron chi connectivity index (χ1n) is 5.04. The van der Waals surface area contributed by atoms with Crippen LogP contribution in [0.3, 0.4) is 0 Å². The van der Waals surface area contributed by atoms with E-state index in [0.29, 0.717) is 5.41 Å². The Morgan fingerprint density at radius 3 is 2.69 bits per heavy atom. The van der Waals surface area contributed by atoms with Crippen LogP contribution in [0.4, 0.5) is 0 Å². The number of aromatic nitrogens is 3. The minimum atomic E-state index is 0.557. The number of hydrogen-bond acceptors (Lipinski definition) is 2. The van der Waals surface area contributed by atoms with E-state index in [2.05, 4.69) is 24.2 Å². The van der Waals surface area contributed by atoms with Crippen LogP contribution in [0.2, 0.25) is 0 Å². The van der Waals surface area contributed by atoms with Crippen molar-refractivity contribution in [3.05, 3.63) is 12.4 Å². The molecule has 0 aromatic carbocycles. The van der Waals surface area contributed by atoms with E-state index >= 15 is 0 Å². The van der Waals surface area contributed by atoms with Gasteiger partial charge in [0, 0.05) is 12.7 Å². The second kappa shape index (κ2) is 3.13. The molecule has 0 N–H and O–H groups in total. The third-order valence-electron chi connectivity index (χ3n) is 2.77. The van der Waals surface area contributed by atoms with Gasteiger partial charge in [0.2, 0.25) is 0 Å². The Bertz CT molecular complexity index is 260. The first-order chi connectivity index (χ1) is 6.20. The van der Waals surface area contributed by atoms with Crippen molar-refractivity contribution in [1.82, 2.24) is 15.0 Å². The second-order valence-electron chi connectivity index (χ2n) is 4.70. The Labute approximate surface area is 79.1 Å². The van der Waals surface area contributed by atoms with Gasteiger partial charge in [-0.1, -0.05) is 19.1 Å². The van der Waals surface area contributed by atoms with Crippen LogP contribution in [0.15, 0.2) is 12.4 Å². The molecule has 1 saturated carbocycles. The summed E-state index contributed by atoms with van der Waals surface area (Å²) in [4.78, 5) is 0. The summed E-state index contributed by atoms with van der Waals surface area (Å²) in [7, 11) is 0. The monoisotopic (exact) mass is 179 g/mol. The molecule has 1 heterocycles. The van der Waals surface area contributed by atoms with E-state index in [1.165, 1.54) is 19.3 Å². The smallest absolute Gasteiger partial charge is 0.0692 e. The molecule has 0 unspecified atom stereocenters. The lowest BCUT2D eigenvalue weighted by atomic mass is 9.94. The fraction of sp³-hybridized carbons (Fsp3) is 0.800. The van der Waals surface area contributed by atoms with Crippen molar-refractivity contribution in [1.29, 1.82) is 0 Å². The minimum Gasteiger partial charge on any atom is -0.252 e. The minimum absolute atomic E-state index is 0.557. The molecule has 0 amide bonds. The summed E-state index contributed by atoms with van der Waals surface area (Å²) in [5.74, 6) is 0.797. The molecule has 0 bridgehead atoms. The molecule has 72 valence electrons. The van der Waals surface area contributed by atoms with Gasteiger partial charge in [0.05, 0.1) is 6.20 Å². The lowest BCUT2D eigenvalue weighted by Gasteiger charge is -2.16. The van der Waals surface area contributed by atoms with Crippen LogP contribution in [0.5, 0.6) is 0 Å². The summed E-state index contributed by atoms with van der Waals surface area (Å²) in [5, 5.41) is 7.84. The predicted octanol–water partition coefficient (Wildman–Crippen LogP) is 2.10. The first kappa shape index (κ1) is 8.73. The maximum Gasteiger partial charge on any atom is 0.0692 e. The summed E-state index contributed by atoms with van der Waals surface area (Å²) in [6.45, 7) is 5.65. The van der Waals surface area contributed by atoms with Gasteiger partial charge in [-0.15, -0.1) is 5.10 Å². The zero-order valence-corrected chi connectivity index (χ0v) is 8.40. The van der Waals surface area contributed by atoms with Gasteiger partial charge in [-0.3, -0.25) is 4.68 Å². The van der Waals surface area contributed by atoms with Crippen molar-refractivity contribution in [2.75, 3.05) is 0 Å². The highest BCUT2D eigenvalue weighted by atomic mass is 15.4. The van der Waals surface area contributed by atoms with E-state index in [9.17, 15) is 0 Å². The quantitative estimate of drug-likeness (QED) is 0.708. The molecule has 0 spiro atoms. The van der Waals surface area contributed by atoms with Crippen molar-refractivity contribution < 1.29 is 0 Å². The van der Waals surface area contributed by atoms with E-state index in [1.807, 2.05) is 10.9 Å². The summed E-state index contributed by atoms with van der Waals surface area (Å²) in [6, 6.07) is 0. The lowest BCUT2D eigenvalue weighted by Crippen LogP contribution is -2.14. The van der Waals surface area contributed by atoms with Crippen LogP contribution in [0.1, 0.15) is 33.1 Å². The van der Waals surface area contributed by atoms with Gasteiger partial charge in [0.1, 0.15) is 0 Å². The molecule has 0 atom stereocenters. The summed E-state index contributed by atoms with van der Waals surface area (Å²) in [6.07, 6.45) is 7.77. The Hall–Kier alpha value is -0.860. The average molecular weight is 179 g/mol. The van der Waals surface area contributed by atoms with Gasteiger partial charge in [0.25, 0.3) is 0 Å². The molecule has 3 nitrogen and oxygen atoms in total. The van der Waals surface area contributed by atoms with Crippen LogP contribution in [0, 0.1) is 11.3 Å². The molecule has 1 fully saturated rings. The Balaban J connectivity index is 1.94. The molecule has 1 aromatic heterocycles. The van der Waals surface area contributed by atoms with Gasteiger partial charge in [-0.25, -0.2) is 0 Å². The van der Waals surface area contributed by atoms with Gasteiger partial charge < -0.3 is 0 Å². The lowest BCUT2D eigenvalue weighted by molar-refractivity contribution is 0.322. The Kier molecular flexibility index (Phi) is 2.10. The summed E-state index contributed by atoms with van der Waals surface area (Å²) >= 11 is 0. The maximum atomic E-state index is 4.02. The molecule has 13 heavy (non-hydrogen) atoms. The van der Waals surface area contributed by atoms with Gasteiger partial charge in [0.15, 0.2) is 0 Å². The highest BCUT2D eigenvalue weighted by molar-refractivity contribution is 4.93. The average Bonchev–Trinajstić information content (AvgIpc) is 2.61. The predicted molar refractivity (Wildman–Crippen MR) is 51.1 cm³/mol. The third-order valence-corrected chi connectivity index (χ3v) is 2.77. The van der Waals surface area contributed by atoms with E-state index in [1.54, 1.807) is 6.20 Å². The Morgan fingerprint density at radius 2 is 2.23 bits per heavy atom. The highest BCUT2D eigenvalue weighted by Gasteiger charge is 2.43. The van der Waals surface area contributed by atoms with Crippen LogP contribution < -0.4 is 0 Å². The number of hydrogen-bond donors (Lipinski definition) is 0. The summed E-state index contributed by atoms with van der Waals surface area (Å²) in [5.41, 5.74) is 0.557. The van der Waals surface area contributed by atoms with Gasteiger partial charge >= 0.3 is 0 Å². The largest absolute Gasteiger partial charge is 0.252 e. The molecular formula is C10H17N3. The molecule has 1 aliphatic carbocycles. The van der Waals surface area contributed by atoms with Crippen molar-refractivity contribution in [3.63, 3.8) is 0 Å². The molecule has 2 rings (SSSR count). The number of nitrogens with zero attached hydrogens (tertiary/aromatic N) is 3. The van der Waals surface area contributed by atoms with Crippen molar-refractivity contribution in [3.8, 4) is 0 Å². The van der Waals surface area contributed by atoms with E-state index < -0.39 is 0 Å². The molecule has 1 aliphatic rings. The summed E-state index contributed by atoms with van der Waals surface area (Å²) < 4.78 is 1.97. The highest BCUT2D eigenvalue weighted by Crippen LogP contribution is 2.51. The molecule has 0 saturated heterocycles. The zero-order chi connectivity index (χ0) is 9.31. The standard InChI is InChI=1S/C10H17N3/c1-9(2)7-10(3-4-10)8-13-6-5-11-12-13/h5-6,9H,3-4,7-8H2,1-2H3.